The van der Waals surface area contributed by atoms with Crippen molar-refractivity contribution in [1.82, 2.24) is 20.1 Å². The Labute approximate surface area is 98.8 Å². The van der Waals surface area contributed by atoms with E-state index in [0.717, 1.165) is 31.0 Å². The first kappa shape index (κ1) is 11.8. The first-order valence-corrected chi connectivity index (χ1v) is 5.68. The lowest BCUT2D eigenvalue weighted by Gasteiger charge is -2.13. The van der Waals surface area contributed by atoms with E-state index in [1.807, 2.05) is 11.5 Å². The molecule has 1 aromatic rings. The van der Waals surface area contributed by atoms with Crippen LogP contribution in [0.5, 0.6) is 0 Å². The number of nitrogens with one attached hydrogen (secondary N) is 1. The maximum absolute atomic E-state index is 11.3. The maximum Gasteiger partial charge on any atom is 0.407 e. The average molecular weight is 240 g/mol. The van der Waals surface area contributed by atoms with Crippen LogP contribution in [0, 0.1) is 0 Å². The Morgan fingerprint density at radius 1 is 1.65 bits per heavy atom. The van der Waals surface area contributed by atoms with Gasteiger partial charge in [-0.1, -0.05) is 0 Å². The summed E-state index contributed by atoms with van der Waals surface area (Å²) in [7, 11) is 0. The SMILES string of the molecule is CC(NC(=O)OCCO)c1nnc2n1CCC2. The van der Waals surface area contributed by atoms with E-state index in [0.29, 0.717) is 0 Å². The molecule has 1 unspecified atom stereocenters. The molecule has 1 atom stereocenters. The van der Waals surface area contributed by atoms with Crippen LogP contribution in [0.1, 0.15) is 31.0 Å². The molecule has 0 aromatic carbocycles. The molecule has 0 radical (unpaired) electrons. The standard InChI is InChI=1S/C10H16N4O3/c1-7(11-10(16)17-6-5-15)9-13-12-8-3-2-4-14(8)9/h7,15H,2-6H2,1H3,(H,11,16). The van der Waals surface area contributed by atoms with Crippen molar-refractivity contribution in [1.29, 1.82) is 0 Å². The Kier molecular flexibility index (Phi) is 3.58. The molecule has 2 N–H and O–H groups in total. The van der Waals surface area contributed by atoms with Gasteiger partial charge in [0.25, 0.3) is 0 Å². The quantitative estimate of drug-likeness (QED) is 0.773. The van der Waals surface area contributed by atoms with E-state index in [2.05, 4.69) is 15.5 Å². The van der Waals surface area contributed by atoms with E-state index >= 15 is 0 Å². The van der Waals surface area contributed by atoms with Crippen LogP contribution in [0.15, 0.2) is 0 Å². The third-order valence-electron chi connectivity index (χ3n) is 2.68. The van der Waals surface area contributed by atoms with Gasteiger partial charge in [0.2, 0.25) is 0 Å². The summed E-state index contributed by atoms with van der Waals surface area (Å²) in [4.78, 5) is 11.3. The number of fused-ring (bicyclic) bond motifs is 1. The summed E-state index contributed by atoms with van der Waals surface area (Å²) < 4.78 is 6.75. The Bertz CT molecular complexity index is 404. The van der Waals surface area contributed by atoms with E-state index in [9.17, 15) is 4.79 Å². The molecule has 0 bridgehead atoms. The fourth-order valence-corrected chi connectivity index (χ4v) is 1.91. The number of carbonyl (C=O) groups excluding carboxylic acids is 1. The second kappa shape index (κ2) is 5.13. The number of aryl methyl sites for hydroxylation is 1. The molecule has 1 aliphatic rings. The number of aliphatic hydroxyl groups excluding tert-OH is 1. The first-order valence-electron chi connectivity index (χ1n) is 5.68. The minimum Gasteiger partial charge on any atom is -0.447 e. The fraction of sp³-hybridized carbons (Fsp3) is 0.700. The van der Waals surface area contributed by atoms with Crippen LogP contribution in [0.4, 0.5) is 4.79 Å². The molecule has 1 aliphatic heterocycles. The van der Waals surface area contributed by atoms with Crippen molar-refractivity contribution in [2.45, 2.75) is 32.4 Å². The summed E-state index contributed by atoms with van der Waals surface area (Å²) in [6.07, 6.45) is 1.45. The van der Waals surface area contributed by atoms with Crippen molar-refractivity contribution in [3.8, 4) is 0 Å². The Morgan fingerprint density at radius 2 is 2.47 bits per heavy atom. The fourth-order valence-electron chi connectivity index (χ4n) is 1.91. The van der Waals surface area contributed by atoms with Crippen LogP contribution < -0.4 is 5.32 Å². The minimum absolute atomic E-state index is 0.00348. The molecule has 0 saturated heterocycles. The van der Waals surface area contributed by atoms with Gasteiger partial charge in [0.1, 0.15) is 12.4 Å². The van der Waals surface area contributed by atoms with Crippen LogP contribution in [0.2, 0.25) is 0 Å². The van der Waals surface area contributed by atoms with Crippen LogP contribution in [0.3, 0.4) is 0 Å². The number of ether oxygens (including phenoxy) is 1. The van der Waals surface area contributed by atoms with Gasteiger partial charge < -0.3 is 19.7 Å². The second-order valence-corrected chi connectivity index (χ2v) is 3.96. The molecule has 1 aromatic heterocycles. The van der Waals surface area contributed by atoms with Gasteiger partial charge in [0, 0.05) is 13.0 Å². The first-order chi connectivity index (χ1) is 8.22. The summed E-state index contributed by atoms with van der Waals surface area (Å²) >= 11 is 0. The molecule has 17 heavy (non-hydrogen) atoms. The van der Waals surface area contributed by atoms with E-state index in [-0.39, 0.29) is 19.3 Å². The van der Waals surface area contributed by atoms with Gasteiger partial charge in [0.15, 0.2) is 5.82 Å². The van der Waals surface area contributed by atoms with Crippen molar-refractivity contribution in [3.63, 3.8) is 0 Å². The number of rotatable bonds is 4. The molecule has 0 spiro atoms. The van der Waals surface area contributed by atoms with Crippen molar-refractivity contribution in [2.24, 2.45) is 0 Å². The zero-order chi connectivity index (χ0) is 12.3. The highest BCUT2D eigenvalue weighted by Gasteiger charge is 2.22. The highest BCUT2D eigenvalue weighted by Crippen LogP contribution is 2.18. The van der Waals surface area contributed by atoms with E-state index < -0.39 is 6.09 Å². The summed E-state index contributed by atoms with van der Waals surface area (Å²) in [5.41, 5.74) is 0. The largest absolute Gasteiger partial charge is 0.447 e. The molecular formula is C10H16N4O3. The number of aliphatic hydroxyl groups is 1. The van der Waals surface area contributed by atoms with Crippen LogP contribution in [-0.2, 0) is 17.7 Å². The van der Waals surface area contributed by atoms with Gasteiger partial charge in [-0.2, -0.15) is 0 Å². The lowest BCUT2D eigenvalue weighted by Crippen LogP contribution is -2.30. The van der Waals surface area contributed by atoms with Crippen molar-refractivity contribution in [2.75, 3.05) is 13.2 Å². The van der Waals surface area contributed by atoms with Gasteiger partial charge in [-0.25, -0.2) is 4.79 Å². The number of nitrogens with zero attached hydrogens (tertiary/aromatic N) is 3. The second-order valence-electron chi connectivity index (χ2n) is 3.96. The lowest BCUT2D eigenvalue weighted by molar-refractivity contribution is 0.116. The molecule has 2 heterocycles. The molecule has 7 nitrogen and oxygen atoms in total. The lowest BCUT2D eigenvalue weighted by atomic mass is 10.3. The molecule has 94 valence electrons. The number of hydrogen-bond acceptors (Lipinski definition) is 5. The van der Waals surface area contributed by atoms with E-state index in [1.54, 1.807) is 0 Å². The number of carbonyl (C=O) groups is 1. The van der Waals surface area contributed by atoms with Crippen molar-refractivity contribution in [3.05, 3.63) is 11.6 Å². The van der Waals surface area contributed by atoms with Crippen molar-refractivity contribution >= 4 is 6.09 Å². The number of alkyl carbamates (subject to hydrolysis) is 1. The minimum atomic E-state index is -0.554. The predicted octanol–water partition coefficient (Wildman–Crippen LogP) is 0.00380. The monoisotopic (exact) mass is 240 g/mol. The normalized spacial score (nSPS) is 15.4. The summed E-state index contributed by atoms with van der Waals surface area (Å²) in [6.45, 7) is 2.55. The molecular weight excluding hydrogens is 224 g/mol. The van der Waals surface area contributed by atoms with Crippen LogP contribution in [-0.4, -0.2) is 39.2 Å². The highest BCUT2D eigenvalue weighted by molar-refractivity contribution is 5.67. The maximum atomic E-state index is 11.3. The van der Waals surface area contributed by atoms with Gasteiger partial charge in [-0.05, 0) is 13.3 Å². The number of aromatic nitrogens is 3. The zero-order valence-electron chi connectivity index (χ0n) is 9.72. The number of hydrogen-bond donors (Lipinski definition) is 2. The van der Waals surface area contributed by atoms with Gasteiger partial charge >= 0.3 is 6.09 Å². The molecule has 7 heteroatoms. The molecule has 0 saturated carbocycles. The molecule has 0 aliphatic carbocycles. The number of amides is 1. The predicted molar refractivity (Wildman–Crippen MR) is 58.3 cm³/mol. The van der Waals surface area contributed by atoms with Gasteiger partial charge in [-0.15, -0.1) is 10.2 Å². The topological polar surface area (TPSA) is 89.3 Å². The smallest absolute Gasteiger partial charge is 0.407 e. The Hall–Kier alpha value is -1.63. The third-order valence-corrected chi connectivity index (χ3v) is 2.68. The van der Waals surface area contributed by atoms with Gasteiger partial charge in [0.05, 0.1) is 12.6 Å². The summed E-state index contributed by atoms with van der Waals surface area (Å²) in [5, 5.41) is 19.3. The van der Waals surface area contributed by atoms with E-state index in [4.69, 9.17) is 9.84 Å². The zero-order valence-corrected chi connectivity index (χ0v) is 9.72. The van der Waals surface area contributed by atoms with Crippen molar-refractivity contribution < 1.29 is 14.6 Å². The summed E-state index contributed by atoms with van der Waals surface area (Å²) in [6, 6.07) is -0.249. The highest BCUT2D eigenvalue weighted by atomic mass is 16.6. The van der Waals surface area contributed by atoms with Gasteiger partial charge in [-0.3, -0.25) is 0 Å². The van der Waals surface area contributed by atoms with Crippen LogP contribution in [0.25, 0.3) is 0 Å². The van der Waals surface area contributed by atoms with E-state index in [1.165, 1.54) is 0 Å². The molecule has 0 fully saturated rings. The average Bonchev–Trinajstić information content (AvgIpc) is 2.87. The third kappa shape index (κ3) is 2.55. The Balaban J connectivity index is 1.95. The molecule has 2 rings (SSSR count). The van der Waals surface area contributed by atoms with Crippen LogP contribution >= 0.6 is 0 Å². The molecule has 1 amide bonds. The Morgan fingerprint density at radius 3 is 3.24 bits per heavy atom. The summed E-state index contributed by atoms with van der Waals surface area (Å²) in [5.74, 6) is 1.72.